The van der Waals surface area contributed by atoms with E-state index in [1.54, 1.807) is 0 Å². The number of nitroso groups, excluding NO2 is 1. The van der Waals surface area contributed by atoms with Gasteiger partial charge in [-0.25, -0.2) is 4.79 Å². The SMILES string of the molecule is CC(C)(C)c1cc([C@H]2CN(N=O)C(=O)O2)cc(C(C)(C)C)c1. The molecular formula is C17H24N2O3. The van der Waals surface area contributed by atoms with E-state index in [4.69, 9.17) is 4.74 Å². The van der Waals surface area contributed by atoms with Gasteiger partial charge in [0.2, 0.25) is 0 Å². The first-order valence-corrected chi connectivity index (χ1v) is 7.50. The zero-order valence-corrected chi connectivity index (χ0v) is 14.1. The van der Waals surface area contributed by atoms with Crippen LogP contribution >= 0.6 is 0 Å². The van der Waals surface area contributed by atoms with Crippen LogP contribution in [0.5, 0.6) is 0 Å². The van der Waals surface area contributed by atoms with Crippen LogP contribution in [-0.2, 0) is 15.6 Å². The van der Waals surface area contributed by atoms with Gasteiger partial charge in [-0.3, -0.25) is 0 Å². The van der Waals surface area contributed by atoms with Crippen molar-refractivity contribution in [2.75, 3.05) is 6.54 Å². The zero-order chi connectivity index (χ0) is 16.7. The summed E-state index contributed by atoms with van der Waals surface area (Å²) in [5.41, 5.74) is 3.26. The highest BCUT2D eigenvalue weighted by atomic mass is 16.6. The molecule has 1 heterocycles. The van der Waals surface area contributed by atoms with Gasteiger partial charge in [0, 0.05) is 0 Å². The van der Waals surface area contributed by atoms with Crippen LogP contribution < -0.4 is 0 Å². The summed E-state index contributed by atoms with van der Waals surface area (Å²) in [6.45, 7) is 13.1. The van der Waals surface area contributed by atoms with Crippen LogP contribution in [0.1, 0.15) is 64.3 Å². The van der Waals surface area contributed by atoms with E-state index >= 15 is 0 Å². The minimum absolute atomic E-state index is 0.0127. The summed E-state index contributed by atoms with van der Waals surface area (Å²) in [6.07, 6.45) is -1.13. The predicted octanol–water partition coefficient (Wildman–Crippen LogP) is 4.46. The normalized spacial score (nSPS) is 19.3. The second-order valence-corrected chi connectivity index (χ2v) is 7.88. The number of ether oxygens (including phenoxy) is 1. The second-order valence-electron chi connectivity index (χ2n) is 7.88. The Kier molecular flexibility index (Phi) is 4.02. The van der Waals surface area contributed by atoms with E-state index in [0.29, 0.717) is 0 Å². The highest BCUT2D eigenvalue weighted by Crippen LogP contribution is 2.34. The number of cyclic esters (lactones) is 1. The minimum Gasteiger partial charge on any atom is -0.438 e. The van der Waals surface area contributed by atoms with Crippen molar-refractivity contribution >= 4 is 6.09 Å². The molecule has 1 aromatic carbocycles. The number of hydrogen-bond donors (Lipinski definition) is 0. The first kappa shape index (κ1) is 16.5. The van der Waals surface area contributed by atoms with Gasteiger partial charge in [0.15, 0.2) is 0 Å². The molecule has 2 rings (SSSR count). The molecule has 120 valence electrons. The summed E-state index contributed by atoms with van der Waals surface area (Å²) in [4.78, 5) is 22.2. The Morgan fingerprint density at radius 1 is 1.05 bits per heavy atom. The Hall–Kier alpha value is -1.91. The number of carbonyl (C=O) groups is 1. The van der Waals surface area contributed by atoms with E-state index in [9.17, 15) is 9.70 Å². The largest absolute Gasteiger partial charge is 0.438 e. The Bertz CT molecular complexity index is 565. The first-order valence-electron chi connectivity index (χ1n) is 7.50. The van der Waals surface area contributed by atoms with Crippen LogP contribution in [0.3, 0.4) is 0 Å². The minimum atomic E-state index is -0.682. The summed E-state index contributed by atoms with van der Waals surface area (Å²) >= 11 is 0. The summed E-state index contributed by atoms with van der Waals surface area (Å²) in [5, 5.41) is 3.52. The van der Waals surface area contributed by atoms with Crippen molar-refractivity contribution in [1.29, 1.82) is 0 Å². The molecule has 1 aromatic rings. The molecule has 0 spiro atoms. The van der Waals surface area contributed by atoms with E-state index in [1.807, 2.05) is 0 Å². The van der Waals surface area contributed by atoms with Gasteiger partial charge in [0.1, 0.15) is 6.10 Å². The molecule has 5 nitrogen and oxygen atoms in total. The quantitative estimate of drug-likeness (QED) is 0.758. The van der Waals surface area contributed by atoms with Crippen LogP contribution in [0.25, 0.3) is 0 Å². The van der Waals surface area contributed by atoms with Gasteiger partial charge in [-0.1, -0.05) is 59.7 Å². The van der Waals surface area contributed by atoms with Gasteiger partial charge < -0.3 is 4.74 Å². The molecule has 0 aromatic heterocycles. The van der Waals surface area contributed by atoms with Crippen LogP contribution in [0.4, 0.5) is 4.79 Å². The zero-order valence-electron chi connectivity index (χ0n) is 14.1. The highest BCUT2D eigenvalue weighted by Gasteiger charge is 2.34. The van der Waals surface area contributed by atoms with Crippen LogP contribution in [0, 0.1) is 4.91 Å². The second kappa shape index (κ2) is 5.38. The van der Waals surface area contributed by atoms with E-state index < -0.39 is 12.2 Å². The number of amides is 1. The molecule has 1 amide bonds. The molecule has 0 N–H and O–H groups in total. The fourth-order valence-corrected chi connectivity index (χ4v) is 2.40. The number of benzene rings is 1. The molecule has 1 atom stereocenters. The molecule has 1 saturated heterocycles. The molecule has 0 aliphatic carbocycles. The van der Waals surface area contributed by atoms with Crippen molar-refractivity contribution < 1.29 is 9.53 Å². The lowest BCUT2D eigenvalue weighted by Gasteiger charge is -2.27. The molecule has 0 saturated carbocycles. The summed E-state index contributed by atoms with van der Waals surface area (Å²) in [7, 11) is 0. The monoisotopic (exact) mass is 304 g/mol. The van der Waals surface area contributed by atoms with Crippen molar-refractivity contribution in [3.8, 4) is 0 Å². The summed E-state index contributed by atoms with van der Waals surface area (Å²) in [6, 6.07) is 6.32. The van der Waals surface area contributed by atoms with Crippen molar-refractivity contribution in [3.05, 3.63) is 39.8 Å². The Balaban J connectivity index is 2.48. The lowest BCUT2D eigenvalue weighted by atomic mass is 9.79. The predicted molar refractivity (Wildman–Crippen MR) is 85.6 cm³/mol. The van der Waals surface area contributed by atoms with E-state index in [0.717, 1.165) is 10.6 Å². The van der Waals surface area contributed by atoms with Gasteiger partial charge in [-0.15, -0.1) is 4.91 Å². The van der Waals surface area contributed by atoms with Crippen molar-refractivity contribution in [3.63, 3.8) is 0 Å². The third kappa shape index (κ3) is 3.29. The number of hydrogen-bond acceptors (Lipinski definition) is 4. The molecule has 5 heteroatoms. The topological polar surface area (TPSA) is 59.0 Å². The van der Waals surface area contributed by atoms with Gasteiger partial charge in [0.25, 0.3) is 0 Å². The number of carbonyl (C=O) groups excluding carboxylic acids is 1. The Labute approximate surface area is 131 Å². The van der Waals surface area contributed by atoms with Crippen molar-refractivity contribution in [2.45, 2.75) is 58.5 Å². The maximum Gasteiger partial charge on any atom is 0.433 e. The third-order valence-electron chi connectivity index (χ3n) is 3.95. The summed E-state index contributed by atoms with van der Waals surface area (Å²) in [5.74, 6) is 0. The summed E-state index contributed by atoms with van der Waals surface area (Å²) < 4.78 is 5.28. The smallest absolute Gasteiger partial charge is 0.433 e. The van der Waals surface area contributed by atoms with E-state index in [2.05, 4.69) is 65.0 Å². The molecule has 0 unspecified atom stereocenters. The standard InChI is InChI=1S/C17H24N2O3/c1-16(2,3)12-7-11(8-13(9-12)17(4,5)6)14-10-19(18-21)15(20)22-14/h7-9,14H,10H2,1-6H3/t14-/m1/s1. The Morgan fingerprint density at radius 3 is 1.91 bits per heavy atom. The molecule has 1 aliphatic rings. The van der Waals surface area contributed by atoms with E-state index in [1.165, 1.54) is 11.1 Å². The van der Waals surface area contributed by atoms with E-state index in [-0.39, 0.29) is 17.4 Å². The molecule has 22 heavy (non-hydrogen) atoms. The fraction of sp³-hybridized carbons (Fsp3) is 0.588. The van der Waals surface area contributed by atoms with Gasteiger partial charge in [-0.05, 0) is 27.5 Å². The first-order chi connectivity index (χ1) is 10.0. The number of rotatable bonds is 2. The highest BCUT2D eigenvalue weighted by molar-refractivity contribution is 5.69. The number of nitrogens with zero attached hydrogens (tertiary/aromatic N) is 2. The van der Waals surface area contributed by atoms with Gasteiger partial charge in [-0.2, -0.15) is 5.01 Å². The molecule has 0 radical (unpaired) electrons. The van der Waals surface area contributed by atoms with Crippen molar-refractivity contribution in [2.24, 2.45) is 5.29 Å². The lowest BCUT2D eigenvalue weighted by Crippen LogP contribution is -2.18. The average molecular weight is 304 g/mol. The molecule has 0 bridgehead atoms. The van der Waals surface area contributed by atoms with Gasteiger partial charge >= 0.3 is 6.09 Å². The molecule has 1 aliphatic heterocycles. The van der Waals surface area contributed by atoms with Crippen LogP contribution in [0.15, 0.2) is 23.5 Å². The molecular weight excluding hydrogens is 280 g/mol. The van der Waals surface area contributed by atoms with Crippen LogP contribution in [-0.4, -0.2) is 17.6 Å². The van der Waals surface area contributed by atoms with Gasteiger partial charge in [0.05, 0.1) is 11.8 Å². The third-order valence-corrected chi connectivity index (χ3v) is 3.95. The fourth-order valence-electron chi connectivity index (χ4n) is 2.40. The Morgan fingerprint density at radius 2 is 1.55 bits per heavy atom. The molecule has 1 fully saturated rings. The van der Waals surface area contributed by atoms with Crippen LogP contribution in [0.2, 0.25) is 0 Å². The van der Waals surface area contributed by atoms with Crippen molar-refractivity contribution in [1.82, 2.24) is 5.01 Å². The maximum atomic E-state index is 11.6. The average Bonchev–Trinajstić information content (AvgIpc) is 2.77. The maximum absolute atomic E-state index is 11.6. The lowest BCUT2D eigenvalue weighted by molar-refractivity contribution is 0.133.